The number of thiazole rings is 1. The van der Waals surface area contributed by atoms with Crippen molar-refractivity contribution in [2.75, 3.05) is 19.8 Å². The summed E-state index contributed by atoms with van der Waals surface area (Å²) in [5.74, 6) is 0. The summed E-state index contributed by atoms with van der Waals surface area (Å²) in [5.41, 5.74) is 4.53. The Balaban J connectivity index is 1.63. The third kappa shape index (κ3) is 6.79. The largest absolute Gasteiger partial charge is 0.444 e. The average molecular weight is 433 g/mol. The van der Waals surface area contributed by atoms with Crippen LogP contribution >= 0.6 is 11.3 Å². The van der Waals surface area contributed by atoms with Crippen LogP contribution in [0.3, 0.4) is 0 Å². The first-order valence-corrected chi connectivity index (χ1v) is 11.4. The molecule has 1 amide bonds. The molecular formula is C23H32N2O4S. The van der Waals surface area contributed by atoms with E-state index < -0.39 is 5.60 Å². The summed E-state index contributed by atoms with van der Waals surface area (Å²) in [6.45, 7) is 9.72. The highest BCUT2D eigenvalue weighted by Gasteiger charge is 2.23. The van der Waals surface area contributed by atoms with Gasteiger partial charge in [-0.2, -0.15) is 0 Å². The summed E-state index contributed by atoms with van der Waals surface area (Å²) >= 11 is 1.63. The van der Waals surface area contributed by atoms with E-state index in [1.165, 1.54) is 4.88 Å². The molecule has 30 heavy (non-hydrogen) atoms. The molecule has 0 saturated carbocycles. The molecule has 2 aromatic rings. The lowest BCUT2D eigenvalue weighted by Gasteiger charge is -2.29. The number of nitrogens with zero attached hydrogens (tertiary/aromatic N) is 2. The van der Waals surface area contributed by atoms with Crippen LogP contribution in [0.5, 0.6) is 0 Å². The Morgan fingerprint density at radius 2 is 2.03 bits per heavy atom. The fourth-order valence-corrected chi connectivity index (χ4v) is 4.07. The van der Waals surface area contributed by atoms with E-state index in [9.17, 15) is 4.79 Å². The lowest BCUT2D eigenvalue weighted by atomic mass is 10.1. The molecule has 1 aromatic heterocycles. The Bertz CT molecular complexity index is 807. The molecule has 1 saturated heterocycles. The van der Waals surface area contributed by atoms with E-state index in [1.54, 1.807) is 16.2 Å². The van der Waals surface area contributed by atoms with Gasteiger partial charge in [-0.25, -0.2) is 9.78 Å². The Morgan fingerprint density at radius 1 is 1.27 bits per heavy atom. The molecule has 1 unspecified atom stereocenters. The van der Waals surface area contributed by atoms with Crippen LogP contribution in [-0.2, 0) is 20.8 Å². The minimum Gasteiger partial charge on any atom is -0.444 e. The van der Waals surface area contributed by atoms with Crippen LogP contribution in [-0.4, -0.2) is 47.6 Å². The quantitative estimate of drug-likeness (QED) is 0.586. The van der Waals surface area contributed by atoms with E-state index in [-0.39, 0.29) is 12.4 Å². The van der Waals surface area contributed by atoms with Gasteiger partial charge in [0.05, 0.1) is 22.7 Å². The van der Waals surface area contributed by atoms with Gasteiger partial charge in [-0.3, -0.25) is 0 Å². The molecule has 164 valence electrons. The van der Waals surface area contributed by atoms with Crippen molar-refractivity contribution >= 4 is 17.4 Å². The fourth-order valence-electron chi connectivity index (χ4n) is 3.26. The Hall–Kier alpha value is -1.96. The molecule has 0 bridgehead atoms. The van der Waals surface area contributed by atoms with E-state index in [2.05, 4.69) is 29.2 Å². The summed E-state index contributed by atoms with van der Waals surface area (Å²) in [6.07, 6.45) is 2.61. The molecular weight excluding hydrogens is 400 g/mol. The Labute approximate surface area is 183 Å². The molecule has 0 spiro atoms. The first-order chi connectivity index (χ1) is 14.3. The van der Waals surface area contributed by atoms with Gasteiger partial charge in [0.25, 0.3) is 0 Å². The number of hydrogen-bond donors (Lipinski definition) is 0. The number of aryl methyl sites for hydroxylation is 1. The lowest BCUT2D eigenvalue weighted by molar-refractivity contribution is -0.164. The molecule has 1 aliphatic rings. The Kier molecular flexibility index (Phi) is 7.86. The molecule has 7 heteroatoms. The van der Waals surface area contributed by atoms with Gasteiger partial charge >= 0.3 is 6.09 Å². The summed E-state index contributed by atoms with van der Waals surface area (Å²) in [4.78, 5) is 19.9. The van der Waals surface area contributed by atoms with Crippen molar-refractivity contribution in [1.82, 2.24) is 9.88 Å². The normalized spacial score (nSPS) is 17.0. The number of ether oxygens (including phenoxy) is 3. The maximum atomic E-state index is 12.8. The van der Waals surface area contributed by atoms with Gasteiger partial charge in [0.2, 0.25) is 0 Å². The molecule has 0 aliphatic carbocycles. The summed E-state index contributed by atoms with van der Waals surface area (Å²) < 4.78 is 17.1. The maximum absolute atomic E-state index is 12.8. The predicted octanol–water partition coefficient (Wildman–Crippen LogP) is 5.40. The second-order valence-corrected chi connectivity index (χ2v) is 9.39. The third-order valence-corrected chi connectivity index (χ3v) is 5.77. The monoisotopic (exact) mass is 432 g/mol. The zero-order chi connectivity index (χ0) is 21.6. The summed E-state index contributed by atoms with van der Waals surface area (Å²) in [7, 11) is 0. The number of aromatic nitrogens is 1. The first-order valence-electron chi connectivity index (χ1n) is 10.5. The number of benzene rings is 1. The van der Waals surface area contributed by atoms with Gasteiger partial charge in [0.15, 0.2) is 6.29 Å². The smallest absolute Gasteiger partial charge is 0.410 e. The van der Waals surface area contributed by atoms with Crippen LogP contribution in [0.4, 0.5) is 4.79 Å². The second-order valence-electron chi connectivity index (χ2n) is 8.53. The topological polar surface area (TPSA) is 60.9 Å². The van der Waals surface area contributed by atoms with E-state index in [1.807, 2.05) is 33.2 Å². The zero-order valence-electron chi connectivity index (χ0n) is 18.3. The number of hydrogen-bond acceptors (Lipinski definition) is 6. The van der Waals surface area contributed by atoms with E-state index >= 15 is 0 Å². The maximum Gasteiger partial charge on any atom is 0.410 e. The fraction of sp³-hybridized carbons (Fsp3) is 0.565. The summed E-state index contributed by atoms with van der Waals surface area (Å²) in [5, 5.41) is 0. The van der Waals surface area contributed by atoms with Crippen molar-refractivity contribution in [2.45, 2.75) is 65.4 Å². The highest BCUT2D eigenvalue weighted by atomic mass is 32.1. The molecule has 1 fully saturated rings. The SMILES string of the molecule is Cc1ncsc1-c1ccc(CN(CCOC2CCCCO2)C(=O)OC(C)(C)C)cc1. The standard InChI is InChI=1S/C23H32N2O4S/c1-17-21(30-16-24-17)19-10-8-18(9-11-19)15-25(22(26)29-23(2,3)4)12-14-28-20-7-5-6-13-27-20/h8-11,16,20H,5-7,12-15H2,1-4H3. The molecule has 6 nitrogen and oxygen atoms in total. The highest BCUT2D eigenvalue weighted by molar-refractivity contribution is 7.13. The number of carbonyl (C=O) groups is 1. The van der Waals surface area contributed by atoms with Gasteiger partial charge < -0.3 is 19.1 Å². The van der Waals surface area contributed by atoms with Gasteiger partial charge in [0, 0.05) is 19.7 Å². The van der Waals surface area contributed by atoms with Crippen LogP contribution in [0.15, 0.2) is 29.8 Å². The van der Waals surface area contributed by atoms with E-state index in [0.29, 0.717) is 19.7 Å². The first kappa shape index (κ1) is 22.7. The Morgan fingerprint density at radius 3 is 2.63 bits per heavy atom. The van der Waals surface area contributed by atoms with Crippen LogP contribution in [0.2, 0.25) is 0 Å². The predicted molar refractivity (Wildman–Crippen MR) is 118 cm³/mol. The zero-order valence-corrected chi connectivity index (χ0v) is 19.2. The number of rotatable bonds is 7. The molecule has 1 aromatic carbocycles. The minimum atomic E-state index is -0.545. The van der Waals surface area contributed by atoms with Crippen LogP contribution in [0.1, 0.15) is 51.3 Å². The van der Waals surface area contributed by atoms with Crippen molar-refractivity contribution in [3.05, 3.63) is 41.0 Å². The average Bonchev–Trinajstić information content (AvgIpc) is 3.13. The van der Waals surface area contributed by atoms with Crippen molar-refractivity contribution in [3.8, 4) is 10.4 Å². The molecule has 2 heterocycles. The lowest BCUT2D eigenvalue weighted by Crippen LogP contribution is -2.39. The van der Waals surface area contributed by atoms with E-state index in [4.69, 9.17) is 14.2 Å². The molecule has 1 aliphatic heterocycles. The van der Waals surface area contributed by atoms with Gasteiger partial charge in [0.1, 0.15) is 5.60 Å². The second kappa shape index (κ2) is 10.4. The van der Waals surface area contributed by atoms with Gasteiger partial charge in [-0.05, 0) is 58.1 Å². The third-order valence-electron chi connectivity index (χ3n) is 4.79. The molecule has 0 N–H and O–H groups in total. The van der Waals surface area contributed by atoms with Crippen LogP contribution in [0.25, 0.3) is 10.4 Å². The minimum absolute atomic E-state index is 0.166. The van der Waals surface area contributed by atoms with Crippen molar-refractivity contribution in [2.24, 2.45) is 0 Å². The van der Waals surface area contributed by atoms with Crippen molar-refractivity contribution < 1.29 is 19.0 Å². The van der Waals surface area contributed by atoms with Crippen molar-refractivity contribution in [3.63, 3.8) is 0 Å². The van der Waals surface area contributed by atoms with Gasteiger partial charge in [-0.1, -0.05) is 24.3 Å². The highest BCUT2D eigenvalue weighted by Crippen LogP contribution is 2.27. The molecule has 3 rings (SSSR count). The van der Waals surface area contributed by atoms with Crippen LogP contribution < -0.4 is 0 Å². The van der Waals surface area contributed by atoms with E-state index in [0.717, 1.165) is 42.7 Å². The van der Waals surface area contributed by atoms with Crippen LogP contribution in [0, 0.1) is 6.92 Å². The number of amides is 1. The number of carbonyl (C=O) groups excluding carboxylic acids is 1. The molecule has 0 radical (unpaired) electrons. The van der Waals surface area contributed by atoms with Crippen molar-refractivity contribution in [1.29, 1.82) is 0 Å². The molecule has 1 atom stereocenters. The van der Waals surface area contributed by atoms with Gasteiger partial charge in [-0.15, -0.1) is 11.3 Å². The summed E-state index contributed by atoms with van der Waals surface area (Å²) in [6, 6.07) is 8.26.